The molecule has 2 N–H and O–H groups in total. The van der Waals surface area contributed by atoms with Crippen LogP contribution in [0.2, 0.25) is 0 Å². The third-order valence-corrected chi connectivity index (χ3v) is 3.29. The predicted octanol–water partition coefficient (Wildman–Crippen LogP) is 2.80. The molecule has 0 amide bonds. The van der Waals surface area contributed by atoms with Gasteiger partial charge >= 0.3 is 0 Å². The second kappa shape index (κ2) is 5.46. The van der Waals surface area contributed by atoms with Crippen LogP contribution in [0.4, 0.5) is 0 Å². The predicted molar refractivity (Wildman–Crippen MR) is 79.5 cm³/mol. The first-order chi connectivity index (χ1) is 10.1. The van der Waals surface area contributed by atoms with Crippen molar-refractivity contribution in [3.8, 4) is 11.5 Å². The zero-order valence-corrected chi connectivity index (χ0v) is 11.9. The molecule has 0 saturated carbocycles. The van der Waals surface area contributed by atoms with E-state index in [1.54, 1.807) is 6.20 Å². The van der Waals surface area contributed by atoms with E-state index in [9.17, 15) is 0 Å². The number of pyridine rings is 1. The number of hydrogen-bond acceptors (Lipinski definition) is 5. The van der Waals surface area contributed by atoms with Gasteiger partial charge in [-0.05, 0) is 30.5 Å². The van der Waals surface area contributed by atoms with Crippen molar-refractivity contribution in [3.05, 3.63) is 65.2 Å². The molecule has 2 heterocycles. The highest BCUT2D eigenvalue weighted by molar-refractivity contribution is 5.54. The molecule has 3 rings (SSSR count). The fraction of sp³-hybridized carbons (Fsp3) is 0.188. The van der Waals surface area contributed by atoms with Crippen LogP contribution in [0.25, 0.3) is 11.5 Å². The molecule has 1 aromatic carbocycles. The van der Waals surface area contributed by atoms with Gasteiger partial charge in [0.2, 0.25) is 11.7 Å². The molecule has 21 heavy (non-hydrogen) atoms. The van der Waals surface area contributed by atoms with Crippen LogP contribution in [0.3, 0.4) is 0 Å². The maximum absolute atomic E-state index is 6.15. The van der Waals surface area contributed by atoms with Crippen LogP contribution >= 0.6 is 0 Å². The minimum absolute atomic E-state index is 0.387. The van der Waals surface area contributed by atoms with Gasteiger partial charge < -0.3 is 10.3 Å². The summed E-state index contributed by atoms with van der Waals surface area (Å²) in [6.45, 7) is 3.97. The van der Waals surface area contributed by atoms with Gasteiger partial charge in [-0.25, -0.2) is 0 Å². The van der Waals surface area contributed by atoms with Crippen molar-refractivity contribution in [2.75, 3.05) is 0 Å². The summed E-state index contributed by atoms with van der Waals surface area (Å²) >= 11 is 0. The fourth-order valence-electron chi connectivity index (χ4n) is 2.21. The van der Waals surface area contributed by atoms with E-state index < -0.39 is 6.04 Å². The zero-order valence-electron chi connectivity index (χ0n) is 11.9. The van der Waals surface area contributed by atoms with Crippen LogP contribution in [0.1, 0.15) is 28.6 Å². The lowest BCUT2D eigenvalue weighted by molar-refractivity contribution is 0.367. The molecule has 2 aromatic heterocycles. The highest BCUT2D eigenvalue weighted by Crippen LogP contribution is 2.22. The second-order valence-electron chi connectivity index (χ2n) is 5.02. The molecule has 0 radical (unpaired) electrons. The Morgan fingerprint density at radius 2 is 1.90 bits per heavy atom. The Balaban J connectivity index is 1.93. The number of benzene rings is 1. The van der Waals surface area contributed by atoms with E-state index in [-0.39, 0.29) is 0 Å². The van der Waals surface area contributed by atoms with Crippen molar-refractivity contribution in [1.82, 2.24) is 15.1 Å². The number of hydrogen-bond donors (Lipinski definition) is 1. The van der Waals surface area contributed by atoms with E-state index in [0.717, 1.165) is 22.4 Å². The van der Waals surface area contributed by atoms with Crippen molar-refractivity contribution in [2.24, 2.45) is 5.73 Å². The van der Waals surface area contributed by atoms with Crippen molar-refractivity contribution >= 4 is 0 Å². The zero-order chi connectivity index (χ0) is 14.8. The first-order valence-corrected chi connectivity index (χ1v) is 6.73. The Morgan fingerprint density at radius 3 is 2.62 bits per heavy atom. The van der Waals surface area contributed by atoms with Gasteiger partial charge in [0.05, 0.1) is 0 Å². The highest BCUT2D eigenvalue weighted by atomic mass is 16.5. The van der Waals surface area contributed by atoms with Gasteiger partial charge in [0.25, 0.3) is 0 Å². The standard InChI is InChI=1S/C16H16N4O/c1-10-8-11(2)14(18-9-10)15-19-16(21-20-15)13(17)12-6-4-3-5-7-12/h3-9,13H,17H2,1-2H3. The fourth-order valence-corrected chi connectivity index (χ4v) is 2.21. The molecule has 0 fully saturated rings. The number of aromatic nitrogens is 3. The van der Waals surface area contributed by atoms with Gasteiger partial charge in [0.1, 0.15) is 11.7 Å². The molecule has 0 aliphatic rings. The lowest BCUT2D eigenvalue weighted by atomic mass is 10.1. The molecule has 3 aromatic rings. The Morgan fingerprint density at radius 1 is 1.14 bits per heavy atom. The van der Waals surface area contributed by atoms with E-state index >= 15 is 0 Å². The normalized spacial score (nSPS) is 12.3. The molecule has 0 bridgehead atoms. The highest BCUT2D eigenvalue weighted by Gasteiger charge is 2.18. The van der Waals surface area contributed by atoms with E-state index in [4.69, 9.17) is 10.3 Å². The molecule has 5 nitrogen and oxygen atoms in total. The minimum atomic E-state index is -0.432. The SMILES string of the molecule is Cc1cnc(-c2noc(C(N)c3ccccc3)n2)c(C)c1. The monoisotopic (exact) mass is 280 g/mol. The molecule has 1 atom stereocenters. The van der Waals surface area contributed by atoms with E-state index in [1.807, 2.05) is 50.2 Å². The molecule has 1 unspecified atom stereocenters. The lowest BCUT2D eigenvalue weighted by Gasteiger charge is -2.05. The average Bonchev–Trinajstić information content (AvgIpc) is 2.97. The molecule has 0 aliphatic carbocycles. The largest absolute Gasteiger partial charge is 0.337 e. The minimum Gasteiger partial charge on any atom is -0.337 e. The molecular formula is C16H16N4O. The summed E-state index contributed by atoms with van der Waals surface area (Å²) < 4.78 is 5.29. The van der Waals surface area contributed by atoms with Crippen LogP contribution in [-0.2, 0) is 0 Å². The van der Waals surface area contributed by atoms with Gasteiger partial charge in [-0.2, -0.15) is 4.98 Å². The average molecular weight is 280 g/mol. The molecule has 0 aliphatic heterocycles. The van der Waals surface area contributed by atoms with Crippen molar-refractivity contribution in [2.45, 2.75) is 19.9 Å². The Labute approximate surface area is 122 Å². The summed E-state index contributed by atoms with van der Waals surface area (Å²) in [6, 6.07) is 11.3. The summed E-state index contributed by atoms with van der Waals surface area (Å²) in [6.07, 6.45) is 1.79. The van der Waals surface area contributed by atoms with Crippen molar-refractivity contribution in [1.29, 1.82) is 0 Å². The molecule has 5 heteroatoms. The second-order valence-corrected chi connectivity index (χ2v) is 5.02. The maximum Gasteiger partial charge on any atom is 0.248 e. The number of nitrogens with zero attached hydrogens (tertiary/aromatic N) is 3. The number of aryl methyl sites for hydroxylation is 2. The summed E-state index contributed by atoms with van der Waals surface area (Å²) in [7, 11) is 0. The Kier molecular flexibility index (Phi) is 3.50. The summed E-state index contributed by atoms with van der Waals surface area (Å²) in [5, 5.41) is 3.99. The van der Waals surface area contributed by atoms with Crippen molar-refractivity contribution < 1.29 is 4.52 Å². The maximum atomic E-state index is 6.15. The third kappa shape index (κ3) is 2.68. The Bertz CT molecular complexity index is 752. The summed E-state index contributed by atoms with van der Waals surface area (Å²) in [5.41, 5.74) is 9.91. The molecular weight excluding hydrogens is 264 g/mol. The van der Waals surface area contributed by atoms with Gasteiger partial charge in [-0.15, -0.1) is 0 Å². The molecule has 0 spiro atoms. The molecule has 0 saturated heterocycles. The van der Waals surface area contributed by atoms with Crippen LogP contribution in [0.5, 0.6) is 0 Å². The van der Waals surface area contributed by atoms with Gasteiger partial charge in [-0.3, -0.25) is 4.98 Å². The first-order valence-electron chi connectivity index (χ1n) is 6.73. The van der Waals surface area contributed by atoms with Crippen LogP contribution in [-0.4, -0.2) is 15.1 Å². The smallest absolute Gasteiger partial charge is 0.248 e. The van der Waals surface area contributed by atoms with E-state index in [1.165, 1.54) is 0 Å². The third-order valence-electron chi connectivity index (χ3n) is 3.29. The first kappa shape index (κ1) is 13.5. The topological polar surface area (TPSA) is 77.8 Å². The summed E-state index contributed by atoms with van der Waals surface area (Å²) in [5.74, 6) is 0.854. The van der Waals surface area contributed by atoms with Gasteiger partial charge in [-0.1, -0.05) is 41.6 Å². The van der Waals surface area contributed by atoms with Crippen molar-refractivity contribution in [3.63, 3.8) is 0 Å². The summed E-state index contributed by atoms with van der Waals surface area (Å²) in [4.78, 5) is 8.75. The lowest BCUT2D eigenvalue weighted by Crippen LogP contribution is -2.12. The van der Waals surface area contributed by atoms with Gasteiger partial charge in [0.15, 0.2) is 0 Å². The Hall–Kier alpha value is -2.53. The van der Waals surface area contributed by atoms with E-state index in [0.29, 0.717) is 11.7 Å². The van der Waals surface area contributed by atoms with Crippen LogP contribution < -0.4 is 5.73 Å². The number of rotatable bonds is 3. The number of nitrogens with two attached hydrogens (primary N) is 1. The quantitative estimate of drug-likeness (QED) is 0.798. The van der Waals surface area contributed by atoms with Crippen LogP contribution in [0, 0.1) is 13.8 Å². The molecule has 106 valence electrons. The van der Waals surface area contributed by atoms with Crippen LogP contribution in [0.15, 0.2) is 47.1 Å². The van der Waals surface area contributed by atoms with E-state index in [2.05, 4.69) is 15.1 Å². The van der Waals surface area contributed by atoms with Gasteiger partial charge in [0, 0.05) is 6.20 Å².